The number of methoxy groups -OCH3 is 1. The van der Waals surface area contributed by atoms with Crippen LogP contribution in [-0.4, -0.2) is 7.11 Å². The molecule has 18 heavy (non-hydrogen) atoms. The second-order valence-corrected chi connectivity index (χ2v) is 4.62. The first-order valence-electron chi connectivity index (χ1n) is 5.37. The number of benzene rings is 2. The van der Waals surface area contributed by atoms with Gasteiger partial charge in [-0.15, -0.1) is 0 Å². The van der Waals surface area contributed by atoms with Crippen molar-refractivity contribution in [1.29, 1.82) is 0 Å². The van der Waals surface area contributed by atoms with Crippen molar-refractivity contribution in [2.75, 3.05) is 7.11 Å². The second-order valence-electron chi connectivity index (χ2n) is 3.81. The first-order valence-corrected chi connectivity index (χ1v) is 6.13. The van der Waals surface area contributed by atoms with Crippen molar-refractivity contribution < 1.29 is 9.47 Å². The molecule has 0 atom stereocenters. The molecule has 0 spiro atoms. The Bertz CT molecular complexity index is 568. The fourth-order valence-electron chi connectivity index (χ4n) is 1.46. The summed E-state index contributed by atoms with van der Waals surface area (Å²) in [6.07, 6.45) is 0. The molecule has 0 saturated heterocycles. The lowest BCUT2D eigenvalue weighted by Crippen LogP contribution is -1.88. The van der Waals surface area contributed by atoms with Crippen LogP contribution in [0.4, 0.5) is 0 Å². The third-order valence-electron chi connectivity index (χ3n) is 2.51. The van der Waals surface area contributed by atoms with Crippen molar-refractivity contribution in [2.24, 2.45) is 0 Å². The molecule has 0 amide bonds. The van der Waals surface area contributed by atoms with E-state index in [1.807, 2.05) is 19.1 Å². The van der Waals surface area contributed by atoms with Gasteiger partial charge in [-0.25, -0.2) is 0 Å². The quantitative estimate of drug-likeness (QED) is 0.780. The minimum absolute atomic E-state index is 0.492. The molecule has 0 N–H and O–H groups in total. The Labute approximate surface area is 116 Å². The van der Waals surface area contributed by atoms with E-state index in [9.17, 15) is 0 Å². The van der Waals surface area contributed by atoms with Crippen LogP contribution in [0.1, 0.15) is 5.56 Å². The normalized spacial score (nSPS) is 10.2. The molecule has 0 radical (unpaired) electrons. The molecule has 0 fully saturated rings. The smallest absolute Gasteiger partial charge is 0.146 e. The summed E-state index contributed by atoms with van der Waals surface area (Å²) < 4.78 is 10.7. The average molecular weight is 283 g/mol. The predicted octanol–water partition coefficient (Wildman–Crippen LogP) is 5.10. The maximum Gasteiger partial charge on any atom is 0.146 e. The van der Waals surface area contributed by atoms with Gasteiger partial charge in [-0.05, 0) is 36.8 Å². The Morgan fingerprint density at radius 3 is 2.17 bits per heavy atom. The van der Waals surface area contributed by atoms with Gasteiger partial charge in [0.25, 0.3) is 0 Å². The SMILES string of the molecule is COc1ccc(Oc2ccc(C)c(Cl)c2)c(Cl)c1. The van der Waals surface area contributed by atoms with Crippen molar-refractivity contribution in [2.45, 2.75) is 6.92 Å². The van der Waals surface area contributed by atoms with Crippen molar-refractivity contribution in [1.82, 2.24) is 0 Å². The molecule has 0 aliphatic rings. The van der Waals surface area contributed by atoms with E-state index in [2.05, 4.69) is 0 Å². The Morgan fingerprint density at radius 1 is 0.889 bits per heavy atom. The molecule has 0 aliphatic carbocycles. The van der Waals surface area contributed by atoms with Crippen molar-refractivity contribution in [3.63, 3.8) is 0 Å². The van der Waals surface area contributed by atoms with Crippen molar-refractivity contribution >= 4 is 23.2 Å². The molecular weight excluding hydrogens is 271 g/mol. The van der Waals surface area contributed by atoms with E-state index in [1.54, 1.807) is 31.4 Å². The summed E-state index contributed by atoms with van der Waals surface area (Å²) in [6.45, 7) is 1.94. The van der Waals surface area contributed by atoms with Gasteiger partial charge < -0.3 is 9.47 Å². The second kappa shape index (κ2) is 5.51. The third-order valence-corrected chi connectivity index (χ3v) is 3.21. The van der Waals surface area contributed by atoms with E-state index in [0.717, 1.165) is 5.56 Å². The van der Waals surface area contributed by atoms with Crippen LogP contribution in [0.15, 0.2) is 36.4 Å². The Balaban J connectivity index is 2.25. The summed E-state index contributed by atoms with van der Waals surface area (Å²) in [7, 11) is 1.59. The van der Waals surface area contributed by atoms with E-state index in [-0.39, 0.29) is 0 Å². The third kappa shape index (κ3) is 2.89. The maximum absolute atomic E-state index is 6.09. The van der Waals surface area contributed by atoms with Gasteiger partial charge in [-0.1, -0.05) is 29.3 Å². The number of hydrogen-bond acceptors (Lipinski definition) is 2. The molecule has 2 nitrogen and oxygen atoms in total. The summed E-state index contributed by atoms with van der Waals surface area (Å²) in [5.41, 5.74) is 1.00. The fraction of sp³-hybridized carbons (Fsp3) is 0.143. The van der Waals surface area contributed by atoms with Crippen LogP contribution in [-0.2, 0) is 0 Å². The molecule has 0 aromatic heterocycles. The zero-order valence-electron chi connectivity index (χ0n) is 10.0. The van der Waals surface area contributed by atoms with Gasteiger partial charge in [-0.2, -0.15) is 0 Å². The number of ether oxygens (including phenoxy) is 2. The van der Waals surface area contributed by atoms with Crippen LogP contribution in [0.5, 0.6) is 17.2 Å². The van der Waals surface area contributed by atoms with Crippen LogP contribution >= 0.6 is 23.2 Å². The van der Waals surface area contributed by atoms with Gasteiger partial charge in [-0.3, -0.25) is 0 Å². The summed E-state index contributed by atoms with van der Waals surface area (Å²) in [5.74, 6) is 1.91. The molecule has 0 heterocycles. The number of rotatable bonds is 3. The highest BCUT2D eigenvalue weighted by molar-refractivity contribution is 6.32. The van der Waals surface area contributed by atoms with E-state index in [1.165, 1.54) is 0 Å². The van der Waals surface area contributed by atoms with E-state index < -0.39 is 0 Å². The number of aryl methyl sites for hydroxylation is 1. The molecule has 2 rings (SSSR count). The average Bonchev–Trinajstić information content (AvgIpc) is 2.36. The number of hydrogen-bond donors (Lipinski definition) is 0. The predicted molar refractivity (Wildman–Crippen MR) is 74.3 cm³/mol. The summed E-state index contributed by atoms with van der Waals surface area (Å²) >= 11 is 12.1. The zero-order chi connectivity index (χ0) is 13.1. The van der Waals surface area contributed by atoms with Gasteiger partial charge in [0.15, 0.2) is 0 Å². The Morgan fingerprint density at radius 2 is 1.56 bits per heavy atom. The van der Waals surface area contributed by atoms with E-state index >= 15 is 0 Å². The zero-order valence-corrected chi connectivity index (χ0v) is 11.5. The van der Waals surface area contributed by atoms with Gasteiger partial charge in [0.05, 0.1) is 12.1 Å². The van der Waals surface area contributed by atoms with Crippen LogP contribution in [0.3, 0.4) is 0 Å². The van der Waals surface area contributed by atoms with Crippen molar-refractivity contribution in [3.8, 4) is 17.2 Å². The molecule has 4 heteroatoms. The standard InChI is InChI=1S/C14H12Cl2O2/c1-9-3-4-11(8-12(9)15)18-14-6-5-10(17-2)7-13(14)16/h3-8H,1-2H3. The molecule has 0 unspecified atom stereocenters. The van der Waals surface area contributed by atoms with Crippen LogP contribution in [0, 0.1) is 6.92 Å². The lowest BCUT2D eigenvalue weighted by atomic mass is 10.2. The topological polar surface area (TPSA) is 18.5 Å². The molecule has 2 aromatic carbocycles. The van der Waals surface area contributed by atoms with E-state index in [4.69, 9.17) is 32.7 Å². The van der Waals surface area contributed by atoms with Crippen LogP contribution < -0.4 is 9.47 Å². The summed E-state index contributed by atoms with van der Waals surface area (Å²) in [6, 6.07) is 10.8. The Hall–Kier alpha value is -1.38. The van der Waals surface area contributed by atoms with Gasteiger partial charge in [0, 0.05) is 11.1 Å². The lowest BCUT2D eigenvalue weighted by molar-refractivity contribution is 0.413. The molecule has 94 valence electrons. The van der Waals surface area contributed by atoms with Crippen LogP contribution in [0.25, 0.3) is 0 Å². The van der Waals surface area contributed by atoms with E-state index in [0.29, 0.717) is 27.3 Å². The Kier molecular flexibility index (Phi) is 4.00. The van der Waals surface area contributed by atoms with Gasteiger partial charge in [0.1, 0.15) is 17.2 Å². The fourth-order valence-corrected chi connectivity index (χ4v) is 1.83. The highest BCUT2D eigenvalue weighted by Crippen LogP contribution is 2.33. The highest BCUT2D eigenvalue weighted by Gasteiger charge is 2.06. The largest absolute Gasteiger partial charge is 0.497 e. The van der Waals surface area contributed by atoms with Crippen LogP contribution in [0.2, 0.25) is 10.0 Å². The molecule has 0 bridgehead atoms. The molecule has 0 saturated carbocycles. The molecule has 0 aliphatic heterocycles. The molecular formula is C14H12Cl2O2. The molecule has 2 aromatic rings. The summed E-state index contributed by atoms with van der Waals surface area (Å²) in [4.78, 5) is 0. The van der Waals surface area contributed by atoms with Gasteiger partial charge >= 0.3 is 0 Å². The first-order chi connectivity index (χ1) is 8.60. The minimum atomic E-state index is 0.492. The van der Waals surface area contributed by atoms with Gasteiger partial charge in [0.2, 0.25) is 0 Å². The highest BCUT2D eigenvalue weighted by atomic mass is 35.5. The maximum atomic E-state index is 6.09. The monoisotopic (exact) mass is 282 g/mol. The lowest BCUT2D eigenvalue weighted by Gasteiger charge is -2.09. The summed E-state index contributed by atoms with van der Waals surface area (Å²) in [5, 5.41) is 1.16. The first kappa shape index (κ1) is 13.1. The van der Waals surface area contributed by atoms with Crippen molar-refractivity contribution in [3.05, 3.63) is 52.0 Å². The minimum Gasteiger partial charge on any atom is -0.497 e. The number of halogens is 2.